The standard InChI is InChI=1S/C22H28ClN5O2/c1-13-5-7-15(8-6-13)28-11-14-9-19(16(22(2,3)30)10-18(14)25-28)24-21(29)20-17(23)12-27(4)26-20/h9-13,15,30H,5-8H2,1-4H3,(H,24,29)/t13-,15-. The van der Waals surface area contributed by atoms with Crippen LogP contribution in [0.3, 0.4) is 0 Å². The molecule has 0 radical (unpaired) electrons. The molecule has 0 atom stereocenters. The van der Waals surface area contributed by atoms with Gasteiger partial charge in [-0.1, -0.05) is 18.5 Å². The van der Waals surface area contributed by atoms with Gasteiger partial charge < -0.3 is 10.4 Å². The number of rotatable bonds is 4. The lowest BCUT2D eigenvalue weighted by Crippen LogP contribution is -2.21. The van der Waals surface area contributed by atoms with Crippen LogP contribution in [0.1, 0.15) is 68.5 Å². The lowest BCUT2D eigenvalue weighted by atomic mass is 9.87. The van der Waals surface area contributed by atoms with Crippen LogP contribution in [0.4, 0.5) is 5.69 Å². The number of anilines is 1. The van der Waals surface area contributed by atoms with E-state index in [4.69, 9.17) is 16.7 Å². The summed E-state index contributed by atoms with van der Waals surface area (Å²) in [5.41, 5.74) is 0.915. The molecule has 3 aromatic rings. The van der Waals surface area contributed by atoms with E-state index >= 15 is 0 Å². The highest BCUT2D eigenvalue weighted by atomic mass is 35.5. The molecule has 4 rings (SSSR count). The van der Waals surface area contributed by atoms with Crippen molar-refractivity contribution in [1.82, 2.24) is 19.6 Å². The zero-order valence-corrected chi connectivity index (χ0v) is 18.6. The third-order valence-electron chi connectivity index (χ3n) is 5.93. The van der Waals surface area contributed by atoms with Gasteiger partial charge in [-0.3, -0.25) is 14.2 Å². The third kappa shape index (κ3) is 4.09. The molecule has 1 saturated carbocycles. The summed E-state index contributed by atoms with van der Waals surface area (Å²) in [6.07, 6.45) is 8.27. The molecule has 30 heavy (non-hydrogen) atoms. The van der Waals surface area contributed by atoms with Crippen molar-refractivity contribution < 1.29 is 9.90 Å². The van der Waals surface area contributed by atoms with Crippen molar-refractivity contribution in [2.24, 2.45) is 13.0 Å². The van der Waals surface area contributed by atoms with Gasteiger partial charge in [-0.25, -0.2) is 0 Å². The van der Waals surface area contributed by atoms with Crippen LogP contribution in [0.2, 0.25) is 5.02 Å². The van der Waals surface area contributed by atoms with Gasteiger partial charge in [-0.15, -0.1) is 0 Å². The Bertz CT molecular complexity index is 1090. The molecule has 2 aromatic heterocycles. The van der Waals surface area contributed by atoms with Crippen LogP contribution in [-0.4, -0.2) is 30.6 Å². The number of fused-ring (bicyclic) bond motifs is 1. The SMILES string of the molecule is Cn1cc(Cl)c(C(=O)Nc2cc3cn([C@H]4CC[C@H](C)CC4)nc3cc2C(C)(C)O)n1. The molecule has 0 saturated heterocycles. The van der Waals surface area contributed by atoms with Gasteiger partial charge in [0.25, 0.3) is 5.91 Å². The first-order valence-corrected chi connectivity index (χ1v) is 10.8. The van der Waals surface area contributed by atoms with Crippen molar-refractivity contribution in [2.75, 3.05) is 5.32 Å². The number of aliphatic hydroxyl groups is 1. The Balaban J connectivity index is 1.70. The second-order valence-electron chi connectivity index (χ2n) is 8.99. The van der Waals surface area contributed by atoms with Crippen LogP contribution < -0.4 is 5.32 Å². The maximum atomic E-state index is 12.8. The molecule has 1 aromatic carbocycles. The van der Waals surface area contributed by atoms with E-state index in [-0.39, 0.29) is 10.7 Å². The number of halogens is 1. The van der Waals surface area contributed by atoms with Crippen LogP contribution in [0.25, 0.3) is 10.9 Å². The molecular weight excluding hydrogens is 402 g/mol. The van der Waals surface area contributed by atoms with Crippen LogP contribution in [0.15, 0.2) is 24.5 Å². The van der Waals surface area contributed by atoms with Gasteiger partial charge in [-0.2, -0.15) is 10.2 Å². The van der Waals surface area contributed by atoms with Crippen molar-refractivity contribution >= 4 is 34.1 Å². The molecule has 2 N–H and O–H groups in total. The van der Waals surface area contributed by atoms with Gasteiger partial charge in [0.05, 0.1) is 22.2 Å². The maximum absolute atomic E-state index is 12.8. The minimum Gasteiger partial charge on any atom is -0.386 e. The summed E-state index contributed by atoms with van der Waals surface area (Å²) in [6, 6.07) is 4.11. The second kappa shape index (κ2) is 7.71. The summed E-state index contributed by atoms with van der Waals surface area (Å²) in [5, 5.41) is 23.7. The van der Waals surface area contributed by atoms with Crippen LogP contribution in [0, 0.1) is 5.92 Å². The van der Waals surface area contributed by atoms with Crippen LogP contribution in [-0.2, 0) is 12.6 Å². The maximum Gasteiger partial charge on any atom is 0.277 e. The number of carbonyl (C=O) groups is 1. The molecular formula is C22H28ClN5O2. The zero-order valence-electron chi connectivity index (χ0n) is 17.8. The molecule has 1 fully saturated rings. The van der Waals surface area contributed by atoms with E-state index in [2.05, 4.69) is 17.3 Å². The van der Waals surface area contributed by atoms with Gasteiger partial charge in [0.2, 0.25) is 0 Å². The fourth-order valence-corrected chi connectivity index (χ4v) is 4.45. The summed E-state index contributed by atoms with van der Waals surface area (Å²) in [7, 11) is 1.71. The number of hydrogen-bond acceptors (Lipinski definition) is 4. The number of aryl methyl sites for hydroxylation is 1. The van der Waals surface area contributed by atoms with Gasteiger partial charge >= 0.3 is 0 Å². The largest absolute Gasteiger partial charge is 0.386 e. The van der Waals surface area contributed by atoms with Crippen molar-refractivity contribution in [3.05, 3.63) is 40.8 Å². The number of carbonyl (C=O) groups excluding carboxylic acids is 1. The third-order valence-corrected chi connectivity index (χ3v) is 6.20. The van der Waals surface area contributed by atoms with Gasteiger partial charge in [-0.05, 0) is 57.6 Å². The van der Waals surface area contributed by atoms with E-state index in [1.165, 1.54) is 17.5 Å². The predicted octanol–water partition coefficient (Wildman–Crippen LogP) is 4.65. The fourth-order valence-electron chi connectivity index (χ4n) is 4.19. The molecule has 1 aliphatic carbocycles. The second-order valence-corrected chi connectivity index (χ2v) is 9.40. The van der Waals surface area contributed by atoms with E-state index in [1.807, 2.05) is 23.0 Å². The molecule has 1 aliphatic rings. The minimum absolute atomic E-state index is 0.146. The van der Waals surface area contributed by atoms with E-state index in [0.29, 0.717) is 17.3 Å². The number of nitrogens with zero attached hydrogens (tertiary/aromatic N) is 4. The Kier molecular flexibility index (Phi) is 5.36. The lowest BCUT2D eigenvalue weighted by Gasteiger charge is -2.26. The van der Waals surface area contributed by atoms with E-state index in [1.54, 1.807) is 27.1 Å². The summed E-state index contributed by atoms with van der Waals surface area (Å²) < 4.78 is 3.54. The van der Waals surface area contributed by atoms with Gasteiger partial charge in [0, 0.05) is 36.1 Å². The Labute approximate surface area is 181 Å². The molecule has 7 nitrogen and oxygen atoms in total. The smallest absolute Gasteiger partial charge is 0.277 e. The number of amides is 1. The van der Waals surface area contributed by atoms with E-state index in [0.717, 1.165) is 29.7 Å². The number of hydrogen-bond donors (Lipinski definition) is 2. The fraction of sp³-hybridized carbons (Fsp3) is 0.500. The molecule has 8 heteroatoms. The highest BCUT2D eigenvalue weighted by molar-refractivity contribution is 6.34. The Morgan fingerprint density at radius 3 is 2.50 bits per heavy atom. The van der Waals surface area contributed by atoms with Crippen molar-refractivity contribution in [3.8, 4) is 0 Å². The first-order valence-electron chi connectivity index (χ1n) is 10.4. The Morgan fingerprint density at radius 1 is 1.20 bits per heavy atom. The van der Waals surface area contributed by atoms with E-state index < -0.39 is 11.5 Å². The molecule has 2 heterocycles. The molecule has 0 spiro atoms. The average Bonchev–Trinajstić information content (AvgIpc) is 3.23. The Hall–Kier alpha value is -2.38. The Morgan fingerprint density at radius 2 is 1.90 bits per heavy atom. The van der Waals surface area contributed by atoms with Crippen molar-refractivity contribution in [1.29, 1.82) is 0 Å². The normalized spacial score (nSPS) is 19.9. The predicted molar refractivity (Wildman–Crippen MR) is 118 cm³/mol. The highest BCUT2D eigenvalue weighted by Crippen LogP contribution is 2.35. The monoisotopic (exact) mass is 429 g/mol. The molecule has 0 aliphatic heterocycles. The summed E-state index contributed by atoms with van der Waals surface area (Å²) in [4.78, 5) is 12.8. The van der Waals surface area contributed by atoms with Gasteiger partial charge in [0.1, 0.15) is 0 Å². The van der Waals surface area contributed by atoms with Gasteiger partial charge in [0.15, 0.2) is 5.69 Å². The summed E-state index contributed by atoms with van der Waals surface area (Å²) in [5.74, 6) is 0.354. The number of nitrogens with one attached hydrogen (secondary N) is 1. The van der Waals surface area contributed by atoms with Crippen molar-refractivity contribution in [3.63, 3.8) is 0 Å². The topological polar surface area (TPSA) is 85.0 Å². The first-order chi connectivity index (χ1) is 14.1. The summed E-state index contributed by atoms with van der Waals surface area (Å²) >= 11 is 6.12. The van der Waals surface area contributed by atoms with E-state index in [9.17, 15) is 9.90 Å². The number of aromatic nitrogens is 4. The molecule has 160 valence electrons. The first kappa shape index (κ1) is 20.9. The minimum atomic E-state index is -1.16. The quantitative estimate of drug-likeness (QED) is 0.631. The molecule has 0 unspecified atom stereocenters. The average molecular weight is 430 g/mol. The zero-order chi connectivity index (χ0) is 21.6. The lowest BCUT2D eigenvalue weighted by molar-refractivity contribution is 0.0793. The highest BCUT2D eigenvalue weighted by Gasteiger charge is 2.26. The summed E-state index contributed by atoms with van der Waals surface area (Å²) in [6.45, 7) is 5.68. The van der Waals surface area contributed by atoms with Crippen molar-refractivity contribution in [2.45, 2.75) is 58.1 Å². The molecule has 0 bridgehead atoms. The van der Waals surface area contributed by atoms with Crippen LogP contribution >= 0.6 is 11.6 Å². The number of benzene rings is 1. The van der Waals surface area contributed by atoms with Crippen LogP contribution in [0.5, 0.6) is 0 Å². The molecule has 1 amide bonds.